The molecule has 2 aromatic carbocycles. The standard InChI is InChI=1S/C22H25F2NO3/c1-22(2,3)13-8-9-16-15(12-13)19-20(27-11-10-26-19)18(25-16)14-6-4-5-7-17(14)28-21(23)24/h4-9,12,18-21,25H,10-11H2,1-3H3. The van der Waals surface area contributed by atoms with Gasteiger partial charge in [-0.05, 0) is 23.1 Å². The van der Waals surface area contributed by atoms with Crippen LogP contribution in [0.25, 0.3) is 0 Å². The topological polar surface area (TPSA) is 39.7 Å². The van der Waals surface area contributed by atoms with E-state index in [9.17, 15) is 8.78 Å². The number of alkyl halides is 2. The van der Waals surface area contributed by atoms with Crippen LogP contribution in [0, 0.1) is 0 Å². The summed E-state index contributed by atoms with van der Waals surface area (Å²) in [6, 6.07) is 12.8. The van der Waals surface area contributed by atoms with Crippen LogP contribution < -0.4 is 10.1 Å². The third-order valence-electron chi connectivity index (χ3n) is 5.32. The number of hydrogen-bond acceptors (Lipinski definition) is 4. The molecule has 4 rings (SSSR count). The molecule has 28 heavy (non-hydrogen) atoms. The molecule has 0 amide bonds. The van der Waals surface area contributed by atoms with Gasteiger partial charge in [0.1, 0.15) is 18.0 Å². The van der Waals surface area contributed by atoms with Gasteiger partial charge in [-0.2, -0.15) is 8.78 Å². The second-order valence-corrected chi connectivity index (χ2v) is 8.22. The molecule has 0 spiro atoms. The second kappa shape index (κ2) is 7.33. The zero-order chi connectivity index (χ0) is 19.9. The molecule has 0 radical (unpaired) electrons. The van der Waals surface area contributed by atoms with Crippen molar-refractivity contribution in [2.24, 2.45) is 0 Å². The van der Waals surface area contributed by atoms with Crippen LogP contribution in [-0.4, -0.2) is 25.9 Å². The number of para-hydroxylation sites is 1. The lowest BCUT2D eigenvalue weighted by atomic mass is 9.81. The van der Waals surface area contributed by atoms with Gasteiger partial charge in [-0.25, -0.2) is 0 Å². The fourth-order valence-electron chi connectivity index (χ4n) is 3.92. The van der Waals surface area contributed by atoms with Gasteiger partial charge in [-0.3, -0.25) is 0 Å². The Hall–Kier alpha value is -2.18. The van der Waals surface area contributed by atoms with Crippen LogP contribution in [0.4, 0.5) is 14.5 Å². The molecule has 3 unspecified atom stereocenters. The van der Waals surface area contributed by atoms with E-state index in [-0.39, 0.29) is 29.4 Å². The fraction of sp³-hybridized carbons (Fsp3) is 0.455. The van der Waals surface area contributed by atoms with Gasteiger partial charge in [0.15, 0.2) is 0 Å². The van der Waals surface area contributed by atoms with Crippen molar-refractivity contribution in [3.63, 3.8) is 0 Å². The summed E-state index contributed by atoms with van der Waals surface area (Å²) < 4.78 is 42.7. The van der Waals surface area contributed by atoms with Crippen molar-refractivity contribution in [2.75, 3.05) is 18.5 Å². The Morgan fingerprint density at radius 1 is 1.04 bits per heavy atom. The number of rotatable bonds is 3. The lowest BCUT2D eigenvalue weighted by Gasteiger charge is -2.43. The molecule has 1 fully saturated rings. The molecule has 1 N–H and O–H groups in total. The first-order valence-electron chi connectivity index (χ1n) is 9.52. The molecule has 2 aliphatic rings. The maximum atomic E-state index is 12.9. The van der Waals surface area contributed by atoms with Crippen LogP contribution in [0.2, 0.25) is 0 Å². The summed E-state index contributed by atoms with van der Waals surface area (Å²) >= 11 is 0. The number of hydrogen-bond donors (Lipinski definition) is 1. The van der Waals surface area contributed by atoms with E-state index in [1.807, 2.05) is 12.1 Å². The van der Waals surface area contributed by atoms with Crippen LogP contribution >= 0.6 is 0 Å². The third kappa shape index (κ3) is 3.59. The van der Waals surface area contributed by atoms with Crippen LogP contribution in [0.5, 0.6) is 5.75 Å². The third-order valence-corrected chi connectivity index (χ3v) is 5.32. The lowest BCUT2D eigenvalue weighted by molar-refractivity contribution is -0.151. The van der Waals surface area contributed by atoms with Gasteiger partial charge in [0.25, 0.3) is 0 Å². The summed E-state index contributed by atoms with van der Waals surface area (Å²) in [6.45, 7) is 4.59. The van der Waals surface area contributed by atoms with E-state index in [4.69, 9.17) is 14.2 Å². The second-order valence-electron chi connectivity index (χ2n) is 8.22. The smallest absolute Gasteiger partial charge is 0.387 e. The Balaban J connectivity index is 1.76. The zero-order valence-corrected chi connectivity index (χ0v) is 16.2. The van der Waals surface area contributed by atoms with Gasteiger partial charge in [0.2, 0.25) is 0 Å². The monoisotopic (exact) mass is 389 g/mol. The molecule has 150 valence electrons. The molecule has 2 aromatic rings. The summed E-state index contributed by atoms with van der Waals surface area (Å²) in [6.07, 6.45) is -0.601. The lowest BCUT2D eigenvalue weighted by Crippen LogP contribution is -2.43. The Morgan fingerprint density at radius 2 is 1.79 bits per heavy atom. The van der Waals surface area contributed by atoms with Crippen molar-refractivity contribution < 1.29 is 23.0 Å². The van der Waals surface area contributed by atoms with Gasteiger partial charge in [0, 0.05) is 16.8 Å². The van der Waals surface area contributed by atoms with Gasteiger partial charge in [-0.15, -0.1) is 0 Å². The molecule has 2 heterocycles. The average Bonchev–Trinajstić information content (AvgIpc) is 2.66. The maximum absolute atomic E-state index is 12.9. The Morgan fingerprint density at radius 3 is 2.54 bits per heavy atom. The van der Waals surface area contributed by atoms with Crippen molar-refractivity contribution in [2.45, 2.75) is 51.0 Å². The molecular formula is C22H25F2NO3. The van der Waals surface area contributed by atoms with Crippen molar-refractivity contribution in [1.82, 2.24) is 0 Å². The maximum Gasteiger partial charge on any atom is 0.387 e. The first kappa shape index (κ1) is 19.2. The van der Waals surface area contributed by atoms with Gasteiger partial charge >= 0.3 is 6.61 Å². The van der Waals surface area contributed by atoms with Crippen molar-refractivity contribution in [3.8, 4) is 5.75 Å². The summed E-state index contributed by atoms with van der Waals surface area (Å²) in [5, 5.41) is 3.47. The number of halogens is 2. The zero-order valence-electron chi connectivity index (χ0n) is 16.2. The first-order chi connectivity index (χ1) is 13.3. The van der Waals surface area contributed by atoms with Crippen LogP contribution in [0.15, 0.2) is 42.5 Å². The minimum Gasteiger partial charge on any atom is -0.434 e. The van der Waals surface area contributed by atoms with Crippen molar-refractivity contribution >= 4 is 5.69 Å². The van der Waals surface area contributed by atoms with E-state index in [0.29, 0.717) is 18.8 Å². The Labute approximate surface area is 163 Å². The molecule has 6 heteroatoms. The molecular weight excluding hydrogens is 364 g/mol. The van der Waals surface area contributed by atoms with Gasteiger partial charge in [-0.1, -0.05) is 51.1 Å². The molecule has 0 aromatic heterocycles. The summed E-state index contributed by atoms with van der Waals surface area (Å²) in [4.78, 5) is 0. The highest BCUT2D eigenvalue weighted by atomic mass is 19.3. The molecule has 4 nitrogen and oxygen atoms in total. The normalized spacial score (nSPS) is 24.3. The quantitative estimate of drug-likeness (QED) is 0.782. The van der Waals surface area contributed by atoms with Crippen molar-refractivity contribution in [3.05, 3.63) is 59.2 Å². The number of anilines is 1. The Bertz CT molecular complexity index is 850. The molecule has 2 aliphatic heterocycles. The molecule has 3 atom stereocenters. The summed E-state index contributed by atoms with van der Waals surface area (Å²) in [5.74, 6) is 0.151. The molecule has 0 aliphatic carbocycles. The average molecular weight is 389 g/mol. The van der Waals surface area contributed by atoms with E-state index in [2.05, 4.69) is 38.2 Å². The van der Waals surface area contributed by atoms with Gasteiger partial charge < -0.3 is 19.5 Å². The SMILES string of the molecule is CC(C)(C)c1ccc2c(c1)C1OCCOC1C(c1ccccc1OC(F)F)N2. The first-order valence-corrected chi connectivity index (χ1v) is 9.52. The largest absolute Gasteiger partial charge is 0.434 e. The van der Waals surface area contributed by atoms with E-state index in [1.54, 1.807) is 18.2 Å². The summed E-state index contributed by atoms with van der Waals surface area (Å²) in [7, 11) is 0. The molecule has 0 saturated carbocycles. The molecule has 1 saturated heterocycles. The Kier molecular flexibility index (Phi) is 5.02. The van der Waals surface area contributed by atoms with Crippen molar-refractivity contribution in [1.29, 1.82) is 0 Å². The van der Waals surface area contributed by atoms with E-state index in [1.165, 1.54) is 5.56 Å². The van der Waals surface area contributed by atoms with Crippen LogP contribution in [-0.2, 0) is 14.9 Å². The number of nitrogens with one attached hydrogen (secondary N) is 1. The number of ether oxygens (including phenoxy) is 3. The molecule has 0 bridgehead atoms. The van der Waals surface area contributed by atoms with Gasteiger partial charge in [0.05, 0.1) is 19.3 Å². The minimum absolute atomic E-state index is 0.00853. The number of benzene rings is 2. The van der Waals surface area contributed by atoms with Crippen LogP contribution in [0.1, 0.15) is 49.6 Å². The fourth-order valence-corrected chi connectivity index (χ4v) is 3.92. The van der Waals surface area contributed by atoms with E-state index in [0.717, 1.165) is 11.3 Å². The highest BCUT2D eigenvalue weighted by Crippen LogP contribution is 2.47. The predicted octanol–water partition coefficient (Wildman–Crippen LogP) is 5.21. The highest BCUT2D eigenvalue weighted by Gasteiger charge is 2.42. The van der Waals surface area contributed by atoms with E-state index >= 15 is 0 Å². The predicted molar refractivity (Wildman–Crippen MR) is 103 cm³/mol. The summed E-state index contributed by atoms with van der Waals surface area (Å²) in [5.41, 5.74) is 3.82. The number of fused-ring (bicyclic) bond motifs is 3. The van der Waals surface area contributed by atoms with Crippen LogP contribution in [0.3, 0.4) is 0 Å². The minimum atomic E-state index is -2.88. The van der Waals surface area contributed by atoms with E-state index < -0.39 is 6.61 Å². The highest BCUT2D eigenvalue weighted by molar-refractivity contribution is 5.60.